The highest BCUT2D eigenvalue weighted by Crippen LogP contribution is 2.13. The molecule has 0 aliphatic rings. The zero-order valence-electron chi connectivity index (χ0n) is 11.0. The summed E-state index contributed by atoms with van der Waals surface area (Å²) in [7, 11) is 0. The number of amides is 1. The quantitative estimate of drug-likeness (QED) is 0.761. The van der Waals surface area contributed by atoms with Crippen LogP contribution >= 0.6 is 0 Å². The van der Waals surface area contributed by atoms with Crippen molar-refractivity contribution in [1.82, 2.24) is 5.32 Å². The summed E-state index contributed by atoms with van der Waals surface area (Å²) < 4.78 is 0. The van der Waals surface area contributed by atoms with Crippen LogP contribution in [-0.4, -0.2) is 29.3 Å². The van der Waals surface area contributed by atoms with Crippen molar-refractivity contribution in [2.45, 2.75) is 26.7 Å². The van der Waals surface area contributed by atoms with Gasteiger partial charge in [-0.15, -0.1) is 0 Å². The van der Waals surface area contributed by atoms with E-state index in [9.17, 15) is 14.4 Å². The van der Waals surface area contributed by atoms with Gasteiger partial charge in [0.2, 0.25) is 5.91 Å². The van der Waals surface area contributed by atoms with Gasteiger partial charge in [-0.3, -0.25) is 14.4 Å². The van der Waals surface area contributed by atoms with Gasteiger partial charge in [0.25, 0.3) is 0 Å². The average molecular weight is 263 g/mol. The van der Waals surface area contributed by atoms with Gasteiger partial charge in [-0.25, -0.2) is 0 Å². The van der Waals surface area contributed by atoms with Crippen molar-refractivity contribution in [2.75, 3.05) is 6.54 Å². The number of carbonyl (C=O) groups is 3. The lowest BCUT2D eigenvalue weighted by atomic mass is 9.99. The minimum Gasteiger partial charge on any atom is -0.480 e. The maximum atomic E-state index is 11.9. The number of hydrogen-bond acceptors (Lipinski definition) is 3. The Balaban J connectivity index is 2.51. The van der Waals surface area contributed by atoms with Crippen LogP contribution in [-0.2, 0) is 9.59 Å². The number of benzene rings is 1. The van der Waals surface area contributed by atoms with E-state index in [1.165, 1.54) is 0 Å². The summed E-state index contributed by atoms with van der Waals surface area (Å²) in [6.07, 6.45) is 0.0782. The fraction of sp³-hybridized carbons (Fsp3) is 0.357. The first-order valence-electron chi connectivity index (χ1n) is 5.99. The SMILES string of the molecule is Cc1ccc(C(=O)CCC(=O)NCC(=O)O)c(C)c1. The van der Waals surface area contributed by atoms with Crippen molar-refractivity contribution < 1.29 is 19.5 Å². The van der Waals surface area contributed by atoms with Crippen LogP contribution in [0.15, 0.2) is 18.2 Å². The molecule has 0 aliphatic carbocycles. The average Bonchev–Trinajstić information content (AvgIpc) is 2.33. The van der Waals surface area contributed by atoms with E-state index in [0.717, 1.165) is 11.1 Å². The molecule has 0 saturated heterocycles. The van der Waals surface area contributed by atoms with Crippen LogP contribution in [0.4, 0.5) is 0 Å². The Morgan fingerprint density at radius 2 is 1.84 bits per heavy atom. The topological polar surface area (TPSA) is 83.5 Å². The van der Waals surface area contributed by atoms with Gasteiger partial charge in [0.1, 0.15) is 6.54 Å². The molecule has 0 heterocycles. The van der Waals surface area contributed by atoms with Crippen molar-refractivity contribution >= 4 is 17.7 Å². The summed E-state index contributed by atoms with van der Waals surface area (Å²) in [5.41, 5.74) is 2.57. The number of ketones is 1. The van der Waals surface area contributed by atoms with E-state index in [0.29, 0.717) is 5.56 Å². The number of aryl methyl sites for hydroxylation is 2. The summed E-state index contributed by atoms with van der Waals surface area (Å²) in [5.74, 6) is -1.64. The number of nitrogens with one attached hydrogen (secondary N) is 1. The van der Waals surface area contributed by atoms with Gasteiger partial charge >= 0.3 is 5.97 Å². The molecule has 0 fully saturated rings. The Hall–Kier alpha value is -2.17. The van der Waals surface area contributed by atoms with Gasteiger partial charge in [-0.1, -0.05) is 23.8 Å². The van der Waals surface area contributed by atoms with Gasteiger partial charge in [0, 0.05) is 18.4 Å². The second-order valence-corrected chi connectivity index (χ2v) is 4.41. The second-order valence-electron chi connectivity index (χ2n) is 4.41. The zero-order valence-corrected chi connectivity index (χ0v) is 11.0. The summed E-state index contributed by atoms with van der Waals surface area (Å²) in [6.45, 7) is 3.38. The van der Waals surface area contributed by atoms with Crippen LogP contribution in [0.25, 0.3) is 0 Å². The lowest BCUT2D eigenvalue weighted by Crippen LogP contribution is -2.29. The molecule has 0 aromatic heterocycles. The first-order chi connectivity index (χ1) is 8.90. The Morgan fingerprint density at radius 1 is 1.16 bits per heavy atom. The van der Waals surface area contributed by atoms with Crippen LogP contribution in [0.3, 0.4) is 0 Å². The van der Waals surface area contributed by atoms with Gasteiger partial charge in [0.15, 0.2) is 5.78 Å². The lowest BCUT2D eigenvalue weighted by Gasteiger charge is -2.06. The van der Waals surface area contributed by atoms with E-state index in [-0.39, 0.29) is 18.6 Å². The number of carboxylic acids is 1. The number of hydrogen-bond donors (Lipinski definition) is 2. The predicted octanol–water partition coefficient (Wildman–Crippen LogP) is 1.47. The Labute approximate surface area is 111 Å². The molecule has 0 saturated carbocycles. The molecule has 0 aliphatic heterocycles. The van der Waals surface area contributed by atoms with Crippen LogP contribution < -0.4 is 5.32 Å². The van der Waals surface area contributed by atoms with Crippen molar-refractivity contribution in [2.24, 2.45) is 0 Å². The highest BCUT2D eigenvalue weighted by atomic mass is 16.4. The minimum atomic E-state index is -1.10. The summed E-state index contributed by atoms with van der Waals surface area (Å²) in [6, 6.07) is 5.52. The molecule has 0 bridgehead atoms. The summed E-state index contributed by atoms with van der Waals surface area (Å²) in [5, 5.41) is 10.6. The monoisotopic (exact) mass is 263 g/mol. The third-order valence-electron chi connectivity index (χ3n) is 2.70. The first-order valence-corrected chi connectivity index (χ1v) is 5.99. The van der Waals surface area contributed by atoms with Crippen LogP contribution in [0.5, 0.6) is 0 Å². The molecule has 1 rings (SSSR count). The molecular formula is C14H17NO4. The summed E-state index contributed by atoms with van der Waals surface area (Å²) in [4.78, 5) is 33.5. The molecular weight excluding hydrogens is 246 g/mol. The molecule has 0 radical (unpaired) electrons. The maximum Gasteiger partial charge on any atom is 0.322 e. The molecule has 0 unspecified atom stereocenters. The van der Waals surface area contributed by atoms with Gasteiger partial charge < -0.3 is 10.4 Å². The van der Waals surface area contributed by atoms with Gasteiger partial charge in [0.05, 0.1) is 0 Å². The maximum absolute atomic E-state index is 11.9. The number of aliphatic carboxylic acids is 1. The normalized spacial score (nSPS) is 10.0. The van der Waals surface area contributed by atoms with Crippen molar-refractivity contribution in [3.8, 4) is 0 Å². The van der Waals surface area contributed by atoms with Crippen molar-refractivity contribution in [3.05, 3.63) is 34.9 Å². The third kappa shape index (κ3) is 4.91. The fourth-order valence-electron chi connectivity index (χ4n) is 1.75. The van der Waals surface area contributed by atoms with Crippen molar-refractivity contribution in [3.63, 3.8) is 0 Å². The van der Waals surface area contributed by atoms with E-state index in [1.807, 2.05) is 26.0 Å². The van der Waals surface area contributed by atoms with Gasteiger partial charge in [-0.05, 0) is 19.4 Å². The molecule has 2 N–H and O–H groups in total. The molecule has 0 spiro atoms. The molecule has 1 aromatic carbocycles. The predicted molar refractivity (Wildman–Crippen MR) is 70.1 cm³/mol. The molecule has 1 aromatic rings. The minimum absolute atomic E-state index is 0.000566. The van der Waals surface area contributed by atoms with E-state index in [4.69, 9.17) is 5.11 Å². The smallest absolute Gasteiger partial charge is 0.322 e. The molecule has 5 nitrogen and oxygen atoms in total. The largest absolute Gasteiger partial charge is 0.480 e. The van der Waals surface area contributed by atoms with E-state index < -0.39 is 18.4 Å². The third-order valence-corrected chi connectivity index (χ3v) is 2.70. The highest BCUT2D eigenvalue weighted by Gasteiger charge is 2.12. The van der Waals surface area contributed by atoms with Crippen LogP contribution in [0.2, 0.25) is 0 Å². The number of carbonyl (C=O) groups excluding carboxylic acids is 2. The number of Topliss-reactive ketones (excluding diaryl/α,β-unsaturated/α-hetero) is 1. The fourth-order valence-corrected chi connectivity index (χ4v) is 1.75. The first kappa shape index (κ1) is 14.9. The van der Waals surface area contributed by atoms with E-state index in [2.05, 4.69) is 5.32 Å². The zero-order chi connectivity index (χ0) is 14.4. The molecule has 0 atom stereocenters. The molecule has 5 heteroatoms. The molecule has 19 heavy (non-hydrogen) atoms. The number of rotatable bonds is 6. The van der Waals surface area contributed by atoms with E-state index in [1.54, 1.807) is 6.07 Å². The highest BCUT2D eigenvalue weighted by molar-refractivity contribution is 5.99. The second kappa shape index (κ2) is 6.68. The van der Waals surface area contributed by atoms with Crippen LogP contribution in [0, 0.1) is 13.8 Å². The Kier molecular flexibility index (Phi) is 5.23. The lowest BCUT2D eigenvalue weighted by molar-refractivity contribution is -0.137. The number of carboxylic acid groups (broad SMARTS) is 1. The Bertz CT molecular complexity index is 508. The molecule has 102 valence electrons. The van der Waals surface area contributed by atoms with Gasteiger partial charge in [-0.2, -0.15) is 0 Å². The van der Waals surface area contributed by atoms with Crippen LogP contribution in [0.1, 0.15) is 34.3 Å². The standard InChI is InChI=1S/C14H17NO4/c1-9-3-4-11(10(2)7-9)12(16)5-6-13(17)15-8-14(18)19/h3-4,7H,5-6,8H2,1-2H3,(H,15,17)(H,18,19). The Morgan fingerprint density at radius 3 is 2.42 bits per heavy atom. The van der Waals surface area contributed by atoms with Crippen molar-refractivity contribution in [1.29, 1.82) is 0 Å². The summed E-state index contributed by atoms with van der Waals surface area (Å²) >= 11 is 0. The molecule has 1 amide bonds. The van der Waals surface area contributed by atoms with E-state index >= 15 is 0 Å².